The maximum absolute atomic E-state index is 14.5. The monoisotopic (exact) mass is 574 g/mol. The highest BCUT2D eigenvalue weighted by atomic mass is 35.5. The lowest BCUT2D eigenvalue weighted by Gasteiger charge is -2.18. The molecule has 1 aliphatic rings. The lowest BCUT2D eigenvalue weighted by Crippen LogP contribution is -2.19. The molecule has 3 aromatic rings. The number of aliphatic hydroxyl groups excluding tert-OH is 1. The Morgan fingerprint density at radius 2 is 1.87 bits per heavy atom. The molecule has 204 valence electrons. The molecular weight excluding hydrogens is 550 g/mol. The smallest absolute Gasteiger partial charge is 0.368 e. The number of amidine groups is 1. The summed E-state index contributed by atoms with van der Waals surface area (Å²) in [5.74, 6) is -1.18. The Morgan fingerprint density at radius 3 is 2.55 bits per heavy atom. The second-order valence-corrected chi connectivity index (χ2v) is 9.99. The lowest BCUT2D eigenvalue weighted by molar-refractivity contribution is -0.141. The third-order valence-electron chi connectivity index (χ3n) is 6.31. The van der Waals surface area contributed by atoms with Gasteiger partial charge in [0.25, 0.3) is 0 Å². The molecule has 38 heavy (non-hydrogen) atoms. The molecule has 1 aliphatic carbocycles. The van der Waals surface area contributed by atoms with Crippen LogP contribution in [0.15, 0.2) is 47.5 Å². The first kappa shape index (κ1) is 28.3. The molecule has 0 saturated heterocycles. The summed E-state index contributed by atoms with van der Waals surface area (Å²) in [6, 6.07) is 8.87. The van der Waals surface area contributed by atoms with E-state index in [-0.39, 0.29) is 39.7 Å². The molecule has 4 rings (SSSR count). The first-order valence-corrected chi connectivity index (χ1v) is 12.8. The van der Waals surface area contributed by atoms with Crippen molar-refractivity contribution in [2.24, 2.45) is 4.99 Å². The molecule has 0 bridgehead atoms. The number of aliphatic hydroxyl groups is 1. The van der Waals surface area contributed by atoms with E-state index in [1.54, 1.807) is 6.07 Å². The Morgan fingerprint density at radius 1 is 1.13 bits per heavy atom. The summed E-state index contributed by atoms with van der Waals surface area (Å²) in [4.78, 5) is 4.19. The Labute approximate surface area is 226 Å². The number of benzene rings is 2. The minimum absolute atomic E-state index is 0.0653. The maximum Gasteiger partial charge on any atom is 0.435 e. The van der Waals surface area contributed by atoms with E-state index >= 15 is 0 Å². The highest BCUT2D eigenvalue weighted by Crippen LogP contribution is 2.36. The van der Waals surface area contributed by atoms with Crippen molar-refractivity contribution in [1.82, 2.24) is 9.78 Å². The van der Waals surface area contributed by atoms with Gasteiger partial charge in [0, 0.05) is 23.1 Å². The quantitative estimate of drug-likeness (QED) is 0.162. The largest absolute Gasteiger partial charge is 0.435 e. The average Bonchev–Trinajstić information content (AvgIpc) is 3.50. The van der Waals surface area contributed by atoms with Crippen LogP contribution >= 0.6 is 23.2 Å². The summed E-state index contributed by atoms with van der Waals surface area (Å²) in [6.45, 7) is 0. The number of hydrogen-bond acceptors (Lipinski definition) is 3. The fourth-order valence-corrected chi connectivity index (χ4v) is 4.94. The molecule has 0 amide bonds. The first-order chi connectivity index (χ1) is 18.0. The van der Waals surface area contributed by atoms with Crippen LogP contribution in [0.3, 0.4) is 0 Å². The predicted octanol–water partition coefficient (Wildman–Crippen LogP) is 8.13. The summed E-state index contributed by atoms with van der Waals surface area (Å²) in [6.07, 6.45) is -2.35. The number of halogens is 7. The van der Waals surface area contributed by atoms with Crippen molar-refractivity contribution < 1.29 is 27.1 Å². The van der Waals surface area contributed by atoms with Crippen molar-refractivity contribution in [3.8, 4) is 0 Å². The number of hydrogen-bond donors (Lipinski definition) is 2. The van der Waals surface area contributed by atoms with Crippen LogP contribution < -0.4 is 5.32 Å². The Bertz CT molecular complexity index is 1290. The summed E-state index contributed by atoms with van der Waals surface area (Å²) in [5, 5.41) is 17.4. The van der Waals surface area contributed by atoms with Crippen LogP contribution in [-0.2, 0) is 12.6 Å². The van der Waals surface area contributed by atoms with Crippen molar-refractivity contribution in [1.29, 1.82) is 0 Å². The fraction of sp³-hybridized carbons (Fsp3) is 0.385. The number of rotatable bonds is 8. The molecular formula is C26H25Cl2F5N4O. The van der Waals surface area contributed by atoms with Gasteiger partial charge >= 0.3 is 6.18 Å². The number of aryl methyl sites for hydroxylation is 1. The van der Waals surface area contributed by atoms with Crippen molar-refractivity contribution in [3.05, 3.63) is 81.0 Å². The number of alkyl halides is 3. The van der Waals surface area contributed by atoms with E-state index in [1.807, 2.05) is 0 Å². The molecule has 1 saturated carbocycles. The SMILES string of the molecule is OC(N=C(CCCc1cc(F)cc(Cl)c1)Nc1cc(C(F)(F)F)nn1C1CCCC1)c1cccc(Cl)c1F. The van der Waals surface area contributed by atoms with E-state index in [1.165, 1.54) is 35.0 Å². The van der Waals surface area contributed by atoms with Crippen LogP contribution in [0.1, 0.15) is 67.6 Å². The minimum atomic E-state index is -4.66. The van der Waals surface area contributed by atoms with E-state index in [0.717, 1.165) is 18.9 Å². The number of nitrogens with one attached hydrogen (secondary N) is 1. The van der Waals surface area contributed by atoms with Crippen LogP contribution in [0.4, 0.5) is 27.8 Å². The van der Waals surface area contributed by atoms with Gasteiger partial charge in [-0.3, -0.25) is 0 Å². The van der Waals surface area contributed by atoms with Crippen LogP contribution in [-0.4, -0.2) is 20.7 Å². The molecule has 2 aromatic carbocycles. The third-order valence-corrected chi connectivity index (χ3v) is 6.82. The van der Waals surface area contributed by atoms with Crippen molar-refractivity contribution in [3.63, 3.8) is 0 Å². The van der Waals surface area contributed by atoms with Crippen LogP contribution in [0.5, 0.6) is 0 Å². The molecule has 0 radical (unpaired) electrons. The van der Waals surface area contributed by atoms with Gasteiger partial charge < -0.3 is 10.4 Å². The van der Waals surface area contributed by atoms with Gasteiger partial charge in [0.1, 0.15) is 23.3 Å². The van der Waals surface area contributed by atoms with Crippen LogP contribution in [0.2, 0.25) is 10.0 Å². The van der Waals surface area contributed by atoms with E-state index in [0.29, 0.717) is 31.2 Å². The second-order valence-electron chi connectivity index (χ2n) is 9.14. The molecule has 1 heterocycles. The van der Waals surface area contributed by atoms with Gasteiger partial charge in [-0.15, -0.1) is 0 Å². The Balaban J connectivity index is 1.63. The molecule has 2 N–H and O–H groups in total. The molecule has 1 unspecified atom stereocenters. The molecule has 1 fully saturated rings. The molecule has 5 nitrogen and oxygen atoms in total. The number of aliphatic imine (C=N–C) groups is 1. The van der Waals surface area contributed by atoms with E-state index < -0.39 is 29.7 Å². The predicted molar refractivity (Wildman–Crippen MR) is 137 cm³/mol. The molecule has 1 aromatic heterocycles. The molecule has 0 aliphatic heterocycles. The van der Waals surface area contributed by atoms with Crippen molar-refractivity contribution >= 4 is 34.9 Å². The number of anilines is 1. The zero-order chi connectivity index (χ0) is 27.4. The van der Waals surface area contributed by atoms with E-state index in [4.69, 9.17) is 23.2 Å². The van der Waals surface area contributed by atoms with Gasteiger partial charge in [-0.1, -0.05) is 48.2 Å². The summed E-state index contributed by atoms with van der Waals surface area (Å²) in [7, 11) is 0. The normalized spacial score (nSPS) is 15.7. The van der Waals surface area contributed by atoms with Gasteiger partial charge in [0.15, 0.2) is 11.9 Å². The molecule has 1 atom stereocenters. The van der Waals surface area contributed by atoms with Gasteiger partial charge in [-0.25, -0.2) is 18.5 Å². The van der Waals surface area contributed by atoms with Crippen LogP contribution in [0.25, 0.3) is 0 Å². The van der Waals surface area contributed by atoms with Gasteiger partial charge in [-0.2, -0.15) is 18.3 Å². The lowest BCUT2D eigenvalue weighted by atomic mass is 10.1. The Hall–Kier alpha value is -2.69. The zero-order valence-electron chi connectivity index (χ0n) is 20.1. The van der Waals surface area contributed by atoms with Gasteiger partial charge in [0.05, 0.1) is 11.1 Å². The average molecular weight is 575 g/mol. The number of nitrogens with zero attached hydrogens (tertiary/aromatic N) is 3. The maximum atomic E-state index is 14.5. The standard InChI is InChI=1S/C26H25Cl2F5N4O/c27-16-11-15(12-17(29)13-16)5-3-10-22(35-25(38)19-8-4-9-20(28)24(19)30)34-23-14-21(26(31,32)33)36-37(23)18-6-1-2-7-18/h4,8-9,11-14,18,25,38H,1-3,5-7,10H2,(H,34,35). The van der Waals surface area contributed by atoms with Crippen molar-refractivity contribution in [2.75, 3.05) is 5.32 Å². The van der Waals surface area contributed by atoms with Gasteiger partial charge in [0.2, 0.25) is 0 Å². The molecule has 0 spiro atoms. The van der Waals surface area contributed by atoms with Crippen LogP contribution in [0, 0.1) is 11.6 Å². The summed E-state index contributed by atoms with van der Waals surface area (Å²) in [5.41, 5.74) is -0.623. The third kappa shape index (κ3) is 7.03. The van der Waals surface area contributed by atoms with Gasteiger partial charge in [-0.05, 0) is 55.5 Å². The highest BCUT2D eigenvalue weighted by molar-refractivity contribution is 6.31. The minimum Gasteiger partial charge on any atom is -0.368 e. The summed E-state index contributed by atoms with van der Waals surface area (Å²) < 4.78 is 70.1. The zero-order valence-corrected chi connectivity index (χ0v) is 21.6. The van der Waals surface area contributed by atoms with Crippen molar-refractivity contribution in [2.45, 2.75) is 63.4 Å². The first-order valence-electron chi connectivity index (χ1n) is 12.1. The van der Waals surface area contributed by atoms with E-state index in [9.17, 15) is 27.1 Å². The topological polar surface area (TPSA) is 62.4 Å². The van der Waals surface area contributed by atoms with E-state index in [2.05, 4.69) is 15.4 Å². The molecule has 12 heteroatoms. The number of aromatic nitrogens is 2. The second kappa shape index (κ2) is 12.0. The highest BCUT2D eigenvalue weighted by Gasteiger charge is 2.36. The summed E-state index contributed by atoms with van der Waals surface area (Å²) >= 11 is 11.8. The Kier molecular flexibility index (Phi) is 8.95. The fourth-order valence-electron chi connectivity index (χ4n) is 4.51.